The van der Waals surface area contributed by atoms with Crippen LogP contribution in [0.4, 0.5) is 5.69 Å². The second-order valence-electron chi connectivity index (χ2n) is 3.92. The second kappa shape index (κ2) is 4.37. The average Bonchev–Trinajstić information content (AvgIpc) is 2.87. The first-order valence-electron chi connectivity index (χ1n) is 5.51. The summed E-state index contributed by atoms with van der Waals surface area (Å²) in [5.74, 6) is -0.393. The van der Waals surface area contributed by atoms with E-state index in [0.29, 0.717) is 5.69 Å². The molecule has 1 aromatic carbocycles. The lowest BCUT2D eigenvalue weighted by molar-refractivity contribution is 0.102. The summed E-state index contributed by atoms with van der Waals surface area (Å²) < 4.78 is 0. The fourth-order valence-electron chi connectivity index (χ4n) is 1.68. The average molecular weight is 255 g/mol. The lowest BCUT2D eigenvalue weighted by atomic mass is 10.2. The Morgan fingerprint density at radius 2 is 2.16 bits per heavy atom. The Morgan fingerprint density at radius 1 is 1.26 bits per heavy atom. The highest BCUT2D eigenvalue weighted by Gasteiger charge is 2.08. The van der Waals surface area contributed by atoms with E-state index in [0.717, 1.165) is 17.1 Å². The summed E-state index contributed by atoms with van der Waals surface area (Å²) in [6, 6.07) is 5.38. The zero-order valence-corrected chi connectivity index (χ0v) is 9.68. The van der Waals surface area contributed by atoms with Crippen molar-refractivity contribution < 1.29 is 4.79 Å². The van der Waals surface area contributed by atoms with E-state index < -0.39 is 5.91 Å². The Labute approximate surface area is 106 Å². The molecule has 0 fully saturated rings. The van der Waals surface area contributed by atoms with Crippen LogP contribution in [-0.4, -0.2) is 26.1 Å². The molecule has 0 radical (unpaired) electrons. The van der Waals surface area contributed by atoms with Crippen molar-refractivity contribution in [2.24, 2.45) is 0 Å². The first-order chi connectivity index (χ1) is 9.22. The molecule has 94 valence electrons. The number of amides is 1. The van der Waals surface area contributed by atoms with Crippen molar-refractivity contribution in [1.82, 2.24) is 20.2 Å². The highest BCUT2D eigenvalue weighted by atomic mass is 16.2. The second-order valence-corrected chi connectivity index (χ2v) is 3.92. The molecule has 0 unspecified atom stereocenters. The zero-order valence-electron chi connectivity index (χ0n) is 9.68. The van der Waals surface area contributed by atoms with E-state index in [1.165, 1.54) is 6.20 Å². The Morgan fingerprint density at radius 3 is 2.95 bits per heavy atom. The monoisotopic (exact) mass is 255 g/mol. The molecule has 19 heavy (non-hydrogen) atoms. The minimum atomic E-state index is -0.393. The standard InChI is InChI=1S/C12H9N5O2/c18-11-6-13-10(5-14-11)12(19)16-8-2-1-7-4-15-17-9(7)3-8/h1-6H,(H,14,18)(H,15,17)(H,16,19). The van der Waals surface area contributed by atoms with Gasteiger partial charge in [-0.15, -0.1) is 0 Å². The summed E-state index contributed by atoms with van der Waals surface area (Å²) in [5.41, 5.74) is 1.24. The molecule has 0 aliphatic carbocycles. The highest BCUT2D eigenvalue weighted by molar-refractivity contribution is 6.03. The van der Waals surface area contributed by atoms with Gasteiger partial charge in [-0.1, -0.05) is 0 Å². The molecule has 2 heterocycles. The summed E-state index contributed by atoms with van der Waals surface area (Å²) in [5, 5.41) is 10.4. The molecule has 1 amide bonds. The van der Waals surface area contributed by atoms with Gasteiger partial charge in [0.25, 0.3) is 11.5 Å². The number of aromatic nitrogens is 4. The smallest absolute Gasteiger partial charge is 0.275 e. The molecular weight excluding hydrogens is 246 g/mol. The number of carbonyl (C=O) groups is 1. The van der Waals surface area contributed by atoms with Crippen LogP contribution < -0.4 is 10.9 Å². The third-order valence-corrected chi connectivity index (χ3v) is 2.60. The molecule has 2 aromatic heterocycles. The molecule has 0 bridgehead atoms. The number of nitrogens with zero attached hydrogens (tertiary/aromatic N) is 2. The predicted octanol–water partition coefficient (Wildman–Crippen LogP) is 0.898. The molecule has 0 spiro atoms. The normalized spacial score (nSPS) is 10.5. The zero-order chi connectivity index (χ0) is 13.2. The van der Waals surface area contributed by atoms with Crippen LogP contribution in [0.25, 0.3) is 10.9 Å². The van der Waals surface area contributed by atoms with Gasteiger partial charge in [-0.25, -0.2) is 4.98 Å². The Balaban J connectivity index is 1.85. The maximum absolute atomic E-state index is 11.9. The molecule has 0 saturated carbocycles. The molecule has 3 rings (SSSR count). The van der Waals surface area contributed by atoms with Crippen LogP contribution in [-0.2, 0) is 0 Å². The van der Waals surface area contributed by atoms with Crippen LogP contribution in [0.3, 0.4) is 0 Å². The lowest BCUT2D eigenvalue weighted by Crippen LogP contribution is -2.16. The summed E-state index contributed by atoms with van der Waals surface area (Å²) in [4.78, 5) is 28.9. The quantitative estimate of drug-likeness (QED) is 0.632. The van der Waals surface area contributed by atoms with Gasteiger partial charge in [-0.3, -0.25) is 14.7 Å². The van der Waals surface area contributed by atoms with E-state index in [1.54, 1.807) is 18.3 Å². The van der Waals surface area contributed by atoms with Crippen molar-refractivity contribution in [1.29, 1.82) is 0 Å². The van der Waals surface area contributed by atoms with Crippen molar-refractivity contribution in [2.75, 3.05) is 5.32 Å². The number of nitrogens with one attached hydrogen (secondary N) is 3. The van der Waals surface area contributed by atoms with Gasteiger partial charge in [0.1, 0.15) is 5.69 Å². The van der Waals surface area contributed by atoms with Crippen molar-refractivity contribution in [3.63, 3.8) is 0 Å². The molecule has 0 aliphatic heterocycles. The van der Waals surface area contributed by atoms with Crippen molar-refractivity contribution in [2.45, 2.75) is 0 Å². The predicted molar refractivity (Wildman–Crippen MR) is 68.9 cm³/mol. The van der Waals surface area contributed by atoms with Gasteiger partial charge in [0.05, 0.1) is 17.9 Å². The summed E-state index contributed by atoms with van der Waals surface area (Å²) in [7, 11) is 0. The van der Waals surface area contributed by atoms with E-state index in [9.17, 15) is 9.59 Å². The maximum Gasteiger partial charge on any atom is 0.275 e. The summed E-state index contributed by atoms with van der Waals surface area (Å²) in [6.45, 7) is 0. The number of aromatic amines is 2. The number of fused-ring (bicyclic) bond motifs is 1. The first-order valence-corrected chi connectivity index (χ1v) is 5.51. The third kappa shape index (κ3) is 2.21. The molecule has 0 aliphatic rings. The highest BCUT2D eigenvalue weighted by Crippen LogP contribution is 2.16. The third-order valence-electron chi connectivity index (χ3n) is 2.60. The fraction of sp³-hybridized carbons (Fsp3) is 0. The van der Waals surface area contributed by atoms with Crippen LogP contribution in [0.5, 0.6) is 0 Å². The topological polar surface area (TPSA) is 104 Å². The molecule has 3 aromatic rings. The van der Waals surface area contributed by atoms with Gasteiger partial charge in [0, 0.05) is 17.3 Å². The molecule has 7 nitrogen and oxygen atoms in total. The number of carbonyl (C=O) groups excluding carboxylic acids is 1. The van der Waals surface area contributed by atoms with Crippen LogP contribution in [0.1, 0.15) is 10.5 Å². The number of benzene rings is 1. The molecule has 7 heteroatoms. The van der Waals surface area contributed by atoms with E-state index in [2.05, 4.69) is 25.5 Å². The molecule has 0 atom stereocenters. The van der Waals surface area contributed by atoms with E-state index in [1.807, 2.05) is 6.07 Å². The van der Waals surface area contributed by atoms with Crippen molar-refractivity contribution >= 4 is 22.5 Å². The number of hydrogen-bond donors (Lipinski definition) is 3. The van der Waals surface area contributed by atoms with Gasteiger partial charge in [0.15, 0.2) is 0 Å². The minimum absolute atomic E-state index is 0.143. The first kappa shape index (κ1) is 11.1. The number of hydrogen-bond acceptors (Lipinski definition) is 4. The number of H-pyrrole nitrogens is 2. The fourth-order valence-corrected chi connectivity index (χ4v) is 1.68. The summed E-state index contributed by atoms with van der Waals surface area (Å²) in [6.07, 6.45) is 4.03. The Bertz CT molecular complexity index is 784. The van der Waals surface area contributed by atoms with E-state index >= 15 is 0 Å². The van der Waals surface area contributed by atoms with E-state index in [4.69, 9.17) is 0 Å². The van der Waals surface area contributed by atoms with Gasteiger partial charge in [-0.2, -0.15) is 5.10 Å². The maximum atomic E-state index is 11.9. The minimum Gasteiger partial charge on any atom is -0.325 e. The summed E-state index contributed by atoms with van der Waals surface area (Å²) >= 11 is 0. The largest absolute Gasteiger partial charge is 0.325 e. The van der Waals surface area contributed by atoms with Crippen LogP contribution in [0, 0.1) is 0 Å². The lowest BCUT2D eigenvalue weighted by Gasteiger charge is -2.04. The van der Waals surface area contributed by atoms with Crippen LogP contribution in [0.2, 0.25) is 0 Å². The Kier molecular flexibility index (Phi) is 2.57. The number of anilines is 1. The van der Waals surface area contributed by atoms with Gasteiger partial charge >= 0.3 is 0 Å². The van der Waals surface area contributed by atoms with Gasteiger partial charge in [-0.05, 0) is 18.2 Å². The van der Waals surface area contributed by atoms with Crippen molar-refractivity contribution in [3.05, 3.63) is 52.8 Å². The Hall–Kier alpha value is -2.96. The van der Waals surface area contributed by atoms with Crippen LogP contribution >= 0.6 is 0 Å². The van der Waals surface area contributed by atoms with Crippen LogP contribution in [0.15, 0.2) is 41.6 Å². The SMILES string of the molecule is O=C(Nc1ccc2cn[nH]c2c1)c1c[nH]c(=O)cn1. The molecule has 3 N–H and O–H groups in total. The van der Waals surface area contributed by atoms with Crippen molar-refractivity contribution in [3.8, 4) is 0 Å². The molecular formula is C12H9N5O2. The van der Waals surface area contributed by atoms with E-state index in [-0.39, 0.29) is 11.3 Å². The molecule has 0 saturated heterocycles. The number of rotatable bonds is 2. The van der Waals surface area contributed by atoms with Gasteiger partial charge < -0.3 is 10.3 Å². The van der Waals surface area contributed by atoms with Gasteiger partial charge in [0.2, 0.25) is 0 Å².